The Morgan fingerprint density at radius 2 is 2.14 bits per heavy atom. The fourth-order valence-electron chi connectivity index (χ4n) is 1.97. The van der Waals surface area contributed by atoms with Crippen molar-refractivity contribution in [2.45, 2.75) is 20.3 Å². The highest BCUT2D eigenvalue weighted by molar-refractivity contribution is 5.87. The van der Waals surface area contributed by atoms with Crippen molar-refractivity contribution in [1.82, 2.24) is 4.98 Å². The summed E-state index contributed by atoms with van der Waals surface area (Å²) < 4.78 is 0. The molecule has 0 unspecified atom stereocenters. The van der Waals surface area contributed by atoms with Gasteiger partial charge in [0, 0.05) is 17.1 Å². The fourth-order valence-corrected chi connectivity index (χ4v) is 1.97. The lowest BCUT2D eigenvalue weighted by molar-refractivity contribution is 1.27. The molecule has 70 valence electrons. The van der Waals surface area contributed by atoms with Crippen molar-refractivity contribution in [3.05, 3.63) is 35.0 Å². The molecule has 0 bridgehead atoms. The summed E-state index contributed by atoms with van der Waals surface area (Å²) in [6, 6.07) is 6.45. The molecule has 2 aromatic rings. The molecule has 14 heavy (non-hydrogen) atoms. The van der Waals surface area contributed by atoms with Crippen LogP contribution in [0.1, 0.15) is 16.7 Å². The number of benzene rings is 1. The summed E-state index contributed by atoms with van der Waals surface area (Å²) in [5.74, 6) is 0. The smallest absolute Gasteiger partial charge is 0.0670 e. The molecule has 0 fully saturated rings. The first-order valence-corrected chi connectivity index (χ1v) is 4.66. The van der Waals surface area contributed by atoms with E-state index < -0.39 is 0 Å². The molecule has 2 nitrogen and oxygen atoms in total. The minimum atomic E-state index is 0.476. The topological polar surface area (TPSA) is 39.6 Å². The summed E-state index contributed by atoms with van der Waals surface area (Å²) >= 11 is 0. The van der Waals surface area contributed by atoms with Gasteiger partial charge in [-0.05, 0) is 36.6 Å². The fraction of sp³-hybridized carbons (Fsp3) is 0.250. The molecular formula is C12H12N2. The lowest BCUT2D eigenvalue weighted by atomic mass is 10.0. The van der Waals surface area contributed by atoms with Gasteiger partial charge in [0.05, 0.1) is 12.5 Å². The third-order valence-electron chi connectivity index (χ3n) is 2.47. The van der Waals surface area contributed by atoms with Gasteiger partial charge in [-0.2, -0.15) is 5.26 Å². The maximum Gasteiger partial charge on any atom is 0.0670 e. The zero-order valence-electron chi connectivity index (χ0n) is 8.39. The molecule has 1 aromatic heterocycles. The van der Waals surface area contributed by atoms with Crippen molar-refractivity contribution in [2.24, 2.45) is 0 Å². The van der Waals surface area contributed by atoms with Crippen LogP contribution in [0.3, 0.4) is 0 Å². The van der Waals surface area contributed by atoms with Crippen LogP contribution in [0.5, 0.6) is 0 Å². The molecule has 2 heteroatoms. The predicted octanol–water partition coefficient (Wildman–Crippen LogP) is 2.85. The third-order valence-corrected chi connectivity index (χ3v) is 2.47. The van der Waals surface area contributed by atoms with E-state index in [0.717, 1.165) is 11.1 Å². The highest BCUT2D eigenvalue weighted by Crippen LogP contribution is 2.23. The summed E-state index contributed by atoms with van der Waals surface area (Å²) in [4.78, 5) is 3.20. The van der Waals surface area contributed by atoms with Gasteiger partial charge in [-0.1, -0.05) is 6.07 Å². The number of H-pyrrole nitrogens is 1. The quantitative estimate of drug-likeness (QED) is 0.727. The minimum Gasteiger partial charge on any atom is -0.361 e. The van der Waals surface area contributed by atoms with Crippen molar-refractivity contribution in [2.75, 3.05) is 0 Å². The third kappa shape index (κ3) is 1.27. The van der Waals surface area contributed by atoms with Crippen molar-refractivity contribution in [3.63, 3.8) is 0 Å². The first kappa shape index (κ1) is 8.83. The molecule has 0 saturated heterocycles. The van der Waals surface area contributed by atoms with E-state index in [-0.39, 0.29) is 0 Å². The monoisotopic (exact) mass is 184 g/mol. The second kappa shape index (κ2) is 3.19. The average molecular weight is 184 g/mol. The number of hydrogen-bond donors (Lipinski definition) is 1. The molecular weight excluding hydrogens is 172 g/mol. The number of hydrogen-bond acceptors (Lipinski definition) is 1. The van der Waals surface area contributed by atoms with Gasteiger partial charge < -0.3 is 4.98 Å². The van der Waals surface area contributed by atoms with E-state index in [1.807, 2.05) is 6.20 Å². The van der Waals surface area contributed by atoms with Crippen LogP contribution in [0.4, 0.5) is 0 Å². The number of aromatic nitrogens is 1. The Labute approximate surface area is 83.2 Å². The first-order valence-electron chi connectivity index (χ1n) is 4.66. The highest BCUT2D eigenvalue weighted by atomic mass is 14.7. The van der Waals surface area contributed by atoms with Crippen LogP contribution < -0.4 is 0 Å². The summed E-state index contributed by atoms with van der Waals surface area (Å²) in [7, 11) is 0. The van der Waals surface area contributed by atoms with E-state index in [1.54, 1.807) is 0 Å². The minimum absolute atomic E-state index is 0.476. The molecule has 1 heterocycles. The van der Waals surface area contributed by atoms with E-state index in [1.165, 1.54) is 16.5 Å². The number of fused-ring (bicyclic) bond motifs is 1. The number of nitrogens with zero attached hydrogens (tertiary/aromatic N) is 1. The van der Waals surface area contributed by atoms with Crippen LogP contribution in [-0.4, -0.2) is 4.98 Å². The van der Waals surface area contributed by atoms with Gasteiger partial charge in [-0.25, -0.2) is 0 Å². The van der Waals surface area contributed by atoms with Gasteiger partial charge in [0.1, 0.15) is 0 Å². The van der Waals surface area contributed by atoms with E-state index in [2.05, 4.69) is 37.0 Å². The lowest BCUT2D eigenvalue weighted by Gasteiger charge is -2.00. The summed E-state index contributed by atoms with van der Waals surface area (Å²) in [5.41, 5.74) is 4.72. The summed E-state index contributed by atoms with van der Waals surface area (Å²) in [5, 5.41) is 9.88. The van der Waals surface area contributed by atoms with Gasteiger partial charge >= 0.3 is 0 Å². The lowest BCUT2D eigenvalue weighted by Crippen LogP contribution is -1.83. The second-order valence-corrected chi connectivity index (χ2v) is 3.65. The average Bonchev–Trinajstić information content (AvgIpc) is 2.49. The van der Waals surface area contributed by atoms with Crippen molar-refractivity contribution < 1.29 is 0 Å². The Bertz CT molecular complexity index is 515. The van der Waals surface area contributed by atoms with Gasteiger partial charge in [0.15, 0.2) is 0 Å². The zero-order valence-corrected chi connectivity index (χ0v) is 8.39. The number of aromatic amines is 1. The molecule has 0 amide bonds. The number of nitrogens with one attached hydrogen (secondary N) is 1. The second-order valence-electron chi connectivity index (χ2n) is 3.65. The molecule has 0 aliphatic rings. The molecule has 1 aromatic carbocycles. The molecule has 0 saturated carbocycles. The predicted molar refractivity (Wildman–Crippen MR) is 57.1 cm³/mol. The summed E-state index contributed by atoms with van der Waals surface area (Å²) in [6.45, 7) is 4.17. The number of rotatable bonds is 1. The Hall–Kier alpha value is -1.75. The number of aryl methyl sites for hydroxylation is 2. The normalized spacial score (nSPS) is 10.4. The SMILES string of the molecule is Cc1cc(C)c2c(CC#N)c[nH]c2c1. The Morgan fingerprint density at radius 3 is 2.86 bits per heavy atom. The van der Waals surface area contributed by atoms with Gasteiger partial charge in [-0.3, -0.25) is 0 Å². The van der Waals surface area contributed by atoms with Crippen LogP contribution in [0.2, 0.25) is 0 Å². The van der Waals surface area contributed by atoms with Crippen LogP contribution in [0.25, 0.3) is 10.9 Å². The van der Waals surface area contributed by atoms with Gasteiger partial charge in [0.25, 0.3) is 0 Å². The first-order chi connectivity index (χ1) is 6.72. The standard InChI is InChI=1S/C12H12N2/c1-8-5-9(2)12-10(3-4-13)7-14-11(12)6-8/h5-7,14H,3H2,1-2H3. The maximum atomic E-state index is 8.68. The largest absolute Gasteiger partial charge is 0.361 e. The molecule has 0 spiro atoms. The van der Waals surface area contributed by atoms with Crippen LogP contribution in [-0.2, 0) is 6.42 Å². The van der Waals surface area contributed by atoms with Gasteiger partial charge in [0.2, 0.25) is 0 Å². The van der Waals surface area contributed by atoms with Crippen LogP contribution >= 0.6 is 0 Å². The van der Waals surface area contributed by atoms with Gasteiger partial charge in [-0.15, -0.1) is 0 Å². The molecule has 1 N–H and O–H groups in total. The van der Waals surface area contributed by atoms with E-state index in [4.69, 9.17) is 5.26 Å². The van der Waals surface area contributed by atoms with Crippen molar-refractivity contribution in [3.8, 4) is 6.07 Å². The summed E-state index contributed by atoms with van der Waals surface area (Å²) in [6.07, 6.45) is 2.41. The molecule has 0 aliphatic carbocycles. The molecule has 0 radical (unpaired) electrons. The highest BCUT2D eigenvalue weighted by Gasteiger charge is 2.06. The molecule has 0 aliphatic heterocycles. The zero-order chi connectivity index (χ0) is 10.1. The molecule has 0 atom stereocenters. The maximum absolute atomic E-state index is 8.68. The van der Waals surface area contributed by atoms with Crippen LogP contribution in [0, 0.1) is 25.2 Å². The Balaban J connectivity index is 2.74. The van der Waals surface area contributed by atoms with E-state index in [9.17, 15) is 0 Å². The molecule has 2 rings (SSSR count). The van der Waals surface area contributed by atoms with E-state index in [0.29, 0.717) is 6.42 Å². The van der Waals surface area contributed by atoms with Crippen LogP contribution in [0.15, 0.2) is 18.3 Å². The van der Waals surface area contributed by atoms with Crippen molar-refractivity contribution in [1.29, 1.82) is 5.26 Å². The Kier molecular flexibility index (Phi) is 2.01. The number of nitriles is 1. The Morgan fingerprint density at radius 1 is 1.36 bits per heavy atom. The van der Waals surface area contributed by atoms with Crippen molar-refractivity contribution >= 4 is 10.9 Å². The van der Waals surface area contributed by atoms with E-state index >= 15 is 0 Å².